The van der Waals surface area contributed by atoms with Crippen LogP contribution in [0.1, 0.15) is 113 Å². The van der Waals surface area contributed by atoms with Crippen LogP contribution in [0, 0.1) is 5.92 Å². The standard InChI is InChI=1S/C37H48O5/c1-5-6-7-8-9-10-11-12-27-40-34-23-19-31(20-24-34)30-15-17-32(18-16-30)37(39)42-35-25-21-33(22-26-35)36(38)41-29(4)14-13-28(2)3/h15-26,28-29H,5-14,27H2,1-4H3/t29-/m1/s1. The lowest BCUT2D eigenvalue weighted by molar-refractivity contribution is 0.0313. The summed E-state index contributed by atoms with van der Waals surface area (Å²) in [6.45, 7) is 9.20. The molecule has 0 spiro atoms. The highest BCUT2D eigenvalue weighted by molar-refractivity contribution is 5.92. The van der Waals surface area contributed by atoms with E-state index >= 15 is 0 Å². The minimum atomic E-state index is -0.455. The van der Waals surface area contributed by atoms with Gasteiger partial charge in [0, 0.05) is 0 Å². The van der Waals surface area contributed by atoms with Gasteiger partial charge in [-0.1, -0.05) is 90.0 Å². The SMILES string of the molecule is CCCCCCCCCCOc1ccc(-c2ccc(C(=O)Oc3ccc(C(=O)O[C@H](C)CCC(C)C)cc3)cc2)cc1. The second-order valence-corrected chi connectivity index (χ2v) is 11.5. The molecule has 0 aliphatic heterocycles. The number of rotatable bonds is 18. The Balaban J connectivity index is 1.42. The molecule has 3 aromatic rings. The molecule has 0 saturated heterocycles. The average Bonchev–Trinajstić information content (AvgIpc) is 3.00. The Morgan fingerprint density at radius 1 is 0.595 bits per heavy atom. The molecule has 0 bridgehead atoms. The van der Waals surface area contributed by atoms with Crippen LogP contribution in [0.2, 0.25) is 0 Å². The van der Waals surface area contributed by atoms with E-state index in [4.69, 9.17) is 14.2 Å². The van der Waals surface area contributed by atoms with E-state index in [1.54, 1.807) is 36.4 Å². The second-order valence-electron chi connectivity index (χ2n) is 11.5. The van der Waals surface area contributed by atoms with Gasteiger partial charge in [-0.15, -0.1) is 0 Å². The van der Waals surface area contributed by atoms with Crippen LogP contribution in [0.3, 0.4) is 0 Å². The number of hydrogen-bond acceptors (Lipinski definition) is 5. The van der Waals surface area contributed by atoms with Crippen molar-refractivity contribution in [1.29, 1.82) is 0 Å². The Morgan fingerprint density at radius 2 is 1.10 bits per heavy atom. The van der Waals surface area contributed by atoms with Crippen molar-refractivity contribution in [3.8, 4) is 22.6 Å². The van der Waals surface area contributed by atoms with E-state index in [1.807, 2.05) is 43.3 Å². The van der Waals surface area contributed by atoms with Crippen molar-refractivity contribution < 1.29 is 23.8 Å². The zero-order valence-electron chi connectivity index (χ0n) is 25.9. The Labute approximate surface area is 252 Å². The molecule has 0 unspecified atom stereocenters. The number of carbonyl (C=O) groups is 2. The number of ether oxygens (including phenoxy) is 3. The van der Waals surface area contributed by atoms with Gasteiger partial charge in [0.2, 0.25) is 0 Å². The first-order chi connectivity index (χ1) is 20.4. The quantitative estimate of drug-likeness (QED) is 0.0862. The summed E-state index contributed by atoms with van der Waals surface area (Å²) < 4.78 is 17.0. The van der Waals surface area contributed by atoms with Gasteiger partial charge in [-0.05, 0) is 91.8 Å². The highest BCUT2D eigenvalue weighted by atomic mass is 16.5. The topological polar surface area (TPSA) is 61.8 Å². The number of esters is 2. The molecule has 0 aromatic heterocycles. The number of benzene rings is 3. The molecule has 0 N–H and O–H groups in total. The van der Waals surface area contributed by atoms with Crippen molar-refractivity contribution in [3.63, 3.8) is 0 Å². The Kier molecular flexibility index (Phi) is 14.1. The summed E-state index contributed by atoms with van der Waals surface area (Å²) in [5.41, 5.74) is 2.94. The molecular formula is C37H48O5. The zero-order chi connectivity index (χ0) is 30.2. The van der Waals surface area contributed by atoms with Gasteiger partial charge in [0.15, 0.2) is 0 Å². The monoisotopic (exact) mass is 572 g/mol. The largest absolute Gasteiger partial charge is 0.494 e. The first-order valence-electron chi connectivity index (χ1n) is 15.7. The molecule has 0 aliphatic carbocycles. The molecule has 0 aliphatic rings. The van der Waals surface area contributed by atoms with E-state index in [0.717, 1.165) is 42.7 Å². The third-order valence-corrected chi connectivity index (χ3v) is 7.33. The Bertz CT molecular complexity index is 1200. The fourth-order valence-corrected chi connectivity index (χ4v) is 4.67. The van der Waals surface area contributed by atoms with Gasteiger partial charge in [-0.3, -0.25) is 0 Å². The predicted molar refractivity (Wildman–Crippen MR) is 170 cm³/mol. The fourth-order valence-electron chi connectivity index (χ4n) is 4.67. The lowest BCUT2D eigenvalue weighted by Crippen LogP contribution is -2.15. The van der Waals surface area contributed by atoms with Crippen LogP contribution in [-0.4, -0.2) is 24.6 Å². The molecule has 1 atom stereocenters. The molecule has 42 heavy (non-hydrogen) atoms. The van der Waals surface area contributed by atoms with Gasteiger partial charge in [0.25, 0.3) is 0 Å². The molecule has 0 amide bonds. The first-order valence-corrected chi connectivity index (χ1v) is 15.7. The minimum absolute atomic E-state index is 0.142. The number of hydrogen-bond donors (Lipinski definition) is 0. The van der Waals surface area contributed by atoms with E-state index in [0.29, 0.717) is 22.8 Å². The highest BCUT2D eigenvalue weighted by Gasteiger charge is 2.14. The second kappa shape index (κ2) is 18.0. The average molecular weight is 573 g/mol. The van der Waals surface area contributed by atoms with Crippen molar-refractivity contribution in [2.24, 2.45) is 5.92 Å². The molecule has 0 radical (unpaired) electrons. The van der Waals surface area contributed by atoms with Crippen molar-refractivity contribution in [2.45, 2.75) is 98.0 Å². The van der Waals surface area contributed by atoms with Crippen molar-refractivity contribution in [2.75, 3.05) is 6.61 Å². The smallest absolute Gasteiger partial charge is 0.343 e. The van der Waals surface area contributed by atoms with Gasteiger partial charge in [0.1, 0.15) is 11.5 Å². The van der Waals surface area contributed by atoms with Crippen LogP contribution < -0.4 is 9.47 Å². The lowest BCUT2D eigenvalue weighted by Gasteiger charge is -2.14. The zero-order valence-corrected chi connectivity index (χ0v) is 25.9. The minimum Gasteiger partial charge on any atom is -0.494 e. The predicted octanol–water partition coefficient (Wildman–Crippen LogP) is 10.1. The molecule has 0 saturated carbocycles. The van der Waals surface area contributed by atoms with Gasteiger partial charge in [-0.2, -0.15) is 0 Å². The molecule has 0 heterocycles. The van der Waals surface area contributed by atoms with E-state index in [2.05, 4.69) is 20.8 Å². The molecule has 5 heteroatoms. The van der Waals surface area contributed by atoms with Crippen molar-refractivity contribution >= 4 is 11.9 Å². The van der Waals surface area contributed by atoms with Crippen LogP contribution in [0.25, 0.3) is 11.1 Å². The third kappa shape index (κ3) is 11.7. The van der Waals surface area contributed by atoms with E-state index < -0.39 is 5.97 Å². The van der Waals surface area contributed by atoms with Crippen molar-refractivity contribution in [3.05, 3.63) is 83.9 Å². The van der Waals surface area contributed by atoms with Crippen LogP contribution in [0.5, 0.6) is 11.5 Å². The molecule has 226 valence electrons. The van der Waals surface area contributed by atoms with E-state index in [1.165, 1.54) is 44.9 Å². The number of unbranched alkanes of at least 4 members (excludes halogenated alkanes) is 7. The van der Waals surface area contributed by atoms with E-state index in [9.17, 15) is 9.59 Å². The molecular weight excluding hydrogens is 524 g/mol. The summed E-state index contributed by atoms with van der Waals surface area (Å²) in [6.07, 6.45) is 12.0. The molecule has 3 rings (SSSR count). The van der Waals surface area contributed by atoms with Crippen molar-refractivity contribution in [1.82, 2.24) is 0 Å². The Hall–Kier alpha value is -3.60. The maximum atomic E-state index is 12.7. The maximum Gasteiger partial charge on any atom is 0.343 e. The summed E-state index contributed by atoms with van der Waals surface area (Å²) in [5, 5.41) is 0. The van der Waals surface area contributed by atoms with Crippen LogP contribution in [0.15, 0.2) is 72.8 Å². The summed E-state index contributed by atoms with van der Waals surface area (Å²) in [7, 11) is 0. The van der Waals surface area contributed by atoms with Gasteiger partial charge < -0.3 is 14.2 Å². The fraction of sp³-hybridized carbons (Fsp3) is 0.459. The van der Waals surface area contributed by atoms with Gasteiger partial charge in [-0.25, -0.2) is 9.59 Å². The number of carbonyl (C=O) groups excluding carboxylic acids is 2. The molecule has 3 aromatic carbocycles. The van der Waals surface area contributed by atoms with Crippen LogP contribution in [-0.2, 0) is 4.74 Å². The lowest BCUT2D eigenvalue weighted by atomic mass is 10.0. The molecule has 5 nitrogen and oxygen atoms in total. The van der Waals surface area contributed by atoms with Gasteiger partial charge >= 0.3 is 11.9 Å². The molecule has 0 fully saturated rings. The van der Waals surface area contributed by atoms with Gasteiger partial charge in [0.05, 0.1) is 23.8 Å². The maximum absolute atomic E-state index is 12.7. The van der Waals surface area contributed by atoms with Crippen LogP contribution in [0.4, 0.5) is 0 Å². The third-order valence-electron chi connectivity index (χ3n) is 7.33. The summed E-state index contributed by atoms with van der Waals surface area (Å²) in [5.74, 6) is 0.988. The van der Waals surface area contributed by atoms with E-state index in [-0.39, 0.29) is 12.1 Å². The normalized spacial score (nSPS) is 11.7. The summed E-state index contributed by atoms with van der Waals surface area (Å²) in [4.78, 5) is 25.1. The highest BCUT2D eigenvalue weighted by Crippen LogP contribution is 2.24. The summed E-state index contributed by atoms with van der Waals surface area (Å²) in [6, 6.07) is 21.9. The summed E-state index contributed by atoms with van der Waals surface area (Å²) >= 11 is 0. The first kappa shape index (κ1) is 32.9. The van der Waals surface area contributed by atoms with Crippen LogP contribution >= 0.6 is 0 Å². The Morgan fingerprint density at radius 3 is 1.69 bits per heavy atom.